The second-order valence-corrected chi connectivity index (χ2v) is 4.72. The van der Waals surface area contributed by atoms with Gasteiger partial charge < -0.3 is 15.4 Å². The predicted molar refractivity (Wildman–Crippen MR) is 72.9 cm³/mol. The van der Waals surface area contributed by atoms with Gasteiger partial charge >= 0.3 is 0 Å². The number of aromatic nitrogens is 2. The smallest absolute Gasteiger partial charge is 0.224 e. The summed E-state index contributed by atoms with van der Waals surface area (Å²) in [6, 6.07) is 1.97. The Bertz CT molecular complexity index is 397. The quantitative estimate of drug-likeness (QED) is 0.837. The third-order valence-corrected chi connectivity index (χ3v) is 3.37. The summed E-state index contributed by atoms with van der Waals surface area (Å²) in [5.41, 5.74) is 0.964. The van der Waals surface area contributed by atoms with E-state index in [-0.39, 0.29) is 0 Å². The lowest BCUT2D eigenvalue weighted by Crippen LogP contribution is -2.23. The molecule has 5 nitrogen and oxygen atoms in total. The fraction of sp³-hybridized carbons (Fsp3) is 0.692. The van der Waals surface area contributed by atoms with Crippen molar-refractivity contribution in [1.29, 1.82) is 0 Å². The minimum Gasteiger partial charge on any atom is -0.378 e. The van der Waals surface area contributed by atoms with Crippen molar-refractivity contribution in [3.8, 4) is 0 Å². The predicted octanol–water partition coefficient (Wildman–Crippen LogP) is 2.05. The van der Waals surface area contributed by atoms with Gasteiger partial charge in [-0.2, -0.15) is 4.98 Å². The molecule has 1 aliphatic rings. The molecular weight excluding hydrogens is 228 g/mol. The fourth-order valence-electron chi connectivity index (χ4n) is 2.38. The summed E-state index contributed by atoms with van der Waals surface area (Å²) < 4.78 is 5.69. The van der Waals surface area contributed by atoms with Crippen LogP contribution in [0.1, 0.15) is 25.5 Å². The summed E-state index contributed by atoms with van der Waals surface area (Å²) in [5, 5.41) is 6.36. The molecule has 1 saturated heterocycles. The van der Waals surface area contributed by atoms with E-state index in [1.54, 1.807) is 0 Å². The van der Waals surface area contributed by atoms with Crippen molar-refractivity contribution in [2.45, 2.75) is 32.8 Å². The lowest BCUT2D eigenvalue weighted by molar-refractivity contribution is 0.0900. The topological polar surface area (TPSA) is 59.1 Å². The lowest BCUT2D eigenvalue weighted by atomic mass is 10.00. The van der Waals surface area contributed by atoms with Gasteiger partial charge in [0, 0.05) is 37.9 Å². The molecule has 18 heavy (non-hydrogen) atoms. The third-order valence-electron chi connectivity index (χ3n) is 3.37. The summed E-state index contributed by atoms with van der Waals surface area (Å²) in [4.78, 5) is 8.67. The molecule has 0 aliphatic carbocycles. The highest BCUT2D eigenvalue weighted by molar-refractivity contribution is 5.41. The first-order chi connectivity index (χ1) is 8.72. The number of hydrogen-bond acceptors (Lipinski definition) is 5. The second-order valence-electron chi connectivity index (χ2n) is 4.72. The highest BCUT2D eigenvalue weighted by Crippen LogP contribution is 2.23. The molecule has 0 amide bonds. The molecule has 2 atom stereocenters. The summed E-state index contributed by atoms with van der Waals surface area (Å²) in [5.74, 6) is 2.13. The Hall–Kier alpha value is -1.36. The van der Waals surface area contributed by atoms with Gasteiger partial charge in [0.1, 0.15) is 5.82 Å². The molecule has 1 aromatic heterocycles. The molecule has 1 fully saturated rings. The lowest BCUT2D eigenvalue weighted by Gasteiger charge is -2.17. The largest absolute Gasteiger partial charge is 0.378 e. The SMILES string of the molecule is CCC1OCCC1CNc1cc(C)nc(NC)n1. The van der Waals surface area contributed by atoms with Crippen LogP contribution >= 0.6 is 0 Å². The Kier molecular flexibility index (Phi) is 4.36. The first kappa shape index (κ1) is 13.1. The van der Waals surface area contributed by atoms with Gasteiger partial charge in [-0.05, 0) is 19.8 Å². The van der Waals surface area contributed by atoms with Gasteiger partial charge in [-0.1, -0.05) is 6.92 Å². The molecule has 1 aromatic rings. The van der Waals surface area contributed by atoms with Crippen molar-refractivity contribution in [3.05, 3.63) is 11.8 Å². The number of rotatable bonds is 5. The van der Waals surface area contributed by atoms with Crippen LogP contribution in [0.5, 0.6) is 0 Å². The second kappa shape index (κ2) is 6.00. The summed E-state index contributed by atoms with van der Waals surface area (Å²) in [6.07, 6.45) is 2.61. The van der Waals surface area contributed by atoms with E-state index >= 15 is 0 Å². The minimum absolute atomic E-state index is 0.393. The zero-order valence-electron chi connectivity index (χ0n) is 11.4. The maximum atomic E-state index is 5.69. The van der Waals surface area contributed by atoms with E-state index in [2.05, 4.69) is 27.5 Å². The van der Waals surface area contributed by atoms with Crippen molar-refractivity contribution in [2.75, 3.05) is 30.8 Å². The number of aryl methyl sites for hydroxylation is 1. The number of nitrogens with zero attached hydrogens (tertiary/aromatic N) is 2. The maximum absolute atomic E-state index is 5.69. The van der Waals surface area contributed by atoms with Gasteiger partial charge in [-0.15, -0.1) is 0 Å². The summed E-state index contributed by atoms with van der Waals surface area (Å²) in [6.45, 7) is 5.95. The first-order valence-corrected chi connectivity index (χ1v) is 6.61. The Morgan fingerprint density at radius 2 is 2.28 bits per heavy atom. The van der Waals surface area contributed by atoms with Crippen molar-refractivity contribution in [1.82, 2.24) is 9.97 Å². The van der Waals surface area contributed by atoms with E-state index in [1.165, 1.54) is 0 Å². The zero-order valence-corrected chi connectivity index (χ0v) is 11.4. The molecule has 0 bridgehead atoms. The van der Waals surface area contributed by atoms with E-state index < -0.39 is 0 Å². The number of hydrogen-bond donors (Lipinski definition) is 2. The monoisotopic (exact) mass is 250 g/mol. The molecule has 0 aromatic carbocycles. The Labute approximate surface area is 108 Å². The normalized spacial score (nSPS) is 23.1. The van der Waals surface area contributed by atoms with Gasteiger partial charge in [0.05, 0.1) is 6.10 Å². The van der Waals surface area contributed by atoms with E-state index in [0.29, 0.717) is 18.0 Å². The zero-order chi connectivity index (χ0) is 13.0. The van der Waals surface area contributed by atoms with Crippen LogP contribution in [0.4, 0.5) is 11.8 Å². The van der Waals surface area contributed by atoms with Gasteiger partial charge in [0.15, 0.2) is 0 Å². The molecule has 0 radical (unpaired) electrons. The van der Waals surface area contributed by atoms with Crippen molar-refractivity contribution >= 4 is 11.8 Å². The van der Waals surface area contributed by atoms with Gasteiger partial charge in [-0.25, -0.2) is 4.98 Å². The molecule has 0 spiro atoms. The number of anilines is 2. The van der Waals surface area contributed by atoms with E-state index in [1.807, 2.05) is 20.0 Å². The van der Waals surface area contributed by atoms with Crippen LogP contribution in [-0.2, 0) is 4.74 Å². The molecule has 2 rings (SSSR count). The van der Waals surface area contributed by atoms with Crippen LogP contribution < -0.4 is 10.6 Å². The molecule has 1 aliphatic heterocycles. The van der Waals surface area contributed by atoms with Crippen LogP contribution in [0.15, 0.2) is 6.07 Å². The van der Waals surface area contributed by atoms with E-state index in [0.717, 1.165) is 37.5 Å². The van der Waals surface area contributed by atoms with Gasteiger partial charge in [0.25, 0.3) is 0 Å². The number of ether oxygens (including phenoxy) is 1. The van der Waals surface area contributed by atoms with Crippen LogP contribution in [0, 0.1) is 12.8 Å². The molecule has 2 heterocycles. The Morgan fingerprint density at radius 3 is 3.00 bits per heavy atom. The third kappa shape index (κ3) is 3.10. The van der Waals surface area contributed by atoms with Gasteiger partial charge in [0.2, 0.25) is 5.95 Å². The molecule has 2 unspecified atom stereocenters. The van der Waals surface area contributed by atoms with E-state index in [4.69, 9.17) is 4.74 Å². The average Bonchev–Trinajstić information content (AvgIpc) is 2.83. The number of nitrogens with one attached hydrogen (secondary N) is 2. The molecule has 100 valence electrons. The van der Waals surface area contributed by atoms with Crippen LogP contribution in [0.3, 0.4) is 0 Å². The standard InChI is InChI=1S/C13H22N4O/c1-4-11-10(5-6-18-11)8-15-12-7-9(2)16-13(14-3)17-12/h7,10-11H,4-6,8H2,1-3H3,(H2,14,15,16,17). The molecule has 2 N–H and O–H groups in total. The molecule has 5 heteroatoms. The fourth-order valence-corrected chi connectivity index (χ4v) is 2.38. The average molecular weight is 250 g/mol. The molecule has 0 saturated carbocycles. The van der Waals surface area contributed by atoms with Crippen molar-refractivity contribution in [2.24, 2.45) is 5.92 Å². The van der Waals surface area contributed by atoms with Gasteiger partial charge in [-0.3, -0.25) is 0 Å². The van der Waals surface area contributed by atoms with Crippen LogP contribution in [0.25, 0.3) is 0 Å². The van der Waals surface area contributed by atoms with Crippen LogP contribution in [0.2, 0.25) is 0 Å². The van der Waals surface area contributed by atoms with Crippen LogP contribution in [-0.4, -0.2) is 36.3 Å². The highest BCUT2D eigenvalue weighted by atomic mass is 16.5. The Balaban J connectivity index is 1.95. The highest BCUT2D eigenvalue weighted by Gasteiger charge is 2.26. The van der Waals surface area contributed by atoms with Crippen molar-refractivity contribution in [3.63, 3.8) is 0 Å². The molecular formula is C13H22N4O. The maximum Gasteiger partial charge on any atom is 0.224 e. The summed E-state index contributed by atoms with van der Waals surface area (Å²) >= 11 is 0. The van der Waals surface area contributed by atoms with E-state index in [9.17, 15) is 0 Å². The van der Waals surface area contributed by atoms with Crippen molar-refractivity contribution < 1.29 is 4.74 Å². The Morgan fingerprint density at radius 1 is 1.44 bits per heavy atom. The summed E-state index contributed by atoms with van der Waals surface area (Å²) in [7, 11) is 1.83. The minimum atomic E-state index is 0.393. The first-order valence-electron chi connectivity index (χ1n) is 6.61.